The van der Waals surface area contributed by atoms with Crippen LogP contribution in [0.3, 0.4) is 0 Å². The van der Waals surface area contributed by atoms with Gasteiger partial charge in [-0.05, 0) is 42.5 Å². The molecule has 2 rings (SSSR count). The van der Waals surface area contributed by atoms with Crippen LogP contribution in [0.1, 0.15) is 10.4 Å². The number of likely N-dealkylation sites (N-methyl/N-ethyl adjacent to an activating group) is 1. The van der Waals surface area contributed by atoms with Gasteiger partial charge >= 0.3 is 0 Å². The Labute approximate surface area is 129 Å². The Balaban J connectivity index is 1.83. The molecule has 0 aromatic heterocycles. The summed E-state index contributed by atoms with van der Waals surface area (Å²) >= 11 is 0. The molecule has 0 fully saturated rings. The van der Waals surface area contributed by atoms with Crippen molar-refractivity contribution >= 4 is 11.6 Å². The Morgan fingerprint density at radius 2 is 1.95 bits per heavy atom. The van der Waals surface area contributed by atoms with Gasteiger partial charge < -0.3 is 15.0 Å². The van der Waals surface area contributed by atoms with Gasteiger partial charge in [-0.2, -0.15) is 0 Å². The second-order valence-corrected chi connectivity index (χ2v) is 4.89. The van der Waals surface area contributed by atoms with Gasteiger partial charge in [0, 0.05) is 31.4 Å². The third-order valence-electron chi connectivity index (χ3n) is 3.33. The molecule has 0 aliphatic heterocycles. The molecule has 0 aliphatic rings. The van der Waals surface area contributed by atoms with Crippen LogP contribution in [0.4, 0.5) is 10.1 Å². The monoisotopic (exact) mass is 302 g/mol. The standard InChI is InChI=1S/C17H19FN2O2/c1-20(15-6-8-16(22-2)9-7-15)11-10-19-17(21)13-4-3-5-14(18)12-13/h3-9,12H,10-11H2,1-2H3,(H,19,21). The van der Waals surface area contributed by atoms with E-state index in [4.69, 9.17) is 4.74 Å². The van der Waals surface area contributed by atoms with Gasteiger partial charge in [-0.1, -0.05) is 6.07 Å². The molecule has 0 unspecified atom stereocenters. The molecule has 2 aromatic carbocycles. The van der Waals surface area contributed by atoms with Gasteiger partial charge in [0.25, 0.3) is 5.91 Å². The molecule has 0 aliphatic carbocycles. The molecular weight excluding hydrogens is 283 g/mol. The molecule has 22 heavy (non-hydrogen) atoms. The summed E-state index contributed by atoms with van der Waals surface area (Å²) in [5.41, 5.74) is 1.35. The van der Waals surface area contributed by atoms with Gasteiger partial charge in [-0.15, -0.1) is 0 Å². The number of amides is 1. The number of anilines is 1. The van der Waals surface area contributed by atoms with Crippen molar-refractivity contribution in [1.29, 1.82) is 0 Å². The fourth-order valence-corrected chi connectivity index (χ4v) is 2.03. The Hall–Kier alpha value is -2.56. The first kappa shape index (κ1) is 15.8. The van der Waals surface area contributed by atoms with E-state index in [9.17, 15) is 9.18 Å². The van der Waals surface area contributed by atoms with Gasteiger partial charge in [0.2, 0.25) is 0 Å². The van der Waals surface area contributed by atoms with Crippen LogP contribution in [-0.2, 0) is 0 Å². The van der Waals surface area contributed by atoms with Crippen LogP contribution < -0.4 is 15.0 Å². The second-order valence-electron chi connectivity index (χ2n) is 4.89. The molecule has 1 amide bonds. The summed E-state index contributed by atoms with van der Waals surface area (Å²) in [4.78, 5) is 13.9. The maximum atomic E-state index is 13.1. The SMILES string of the molecule is COc1ccc(N(C)CCNC(=O)c2cccc(F)c2)cc1. The van der Waals surface area contributed by atoms with E-state index in [0.717, 1.165) is 11.4 Å². The first-order valence-corrected chi connectivity index (χ1v) is 6.99. The molecule has 0 atom stereocenters. The maximum absolute atomic E-state index is 13.1. The van der Waals surface area contributed by atoms with Gasteiger partial charge in [0.15, 0.2) is 0 Å². The normalized spacial score (nSPS) is 10.1. The number of halogens is 1. The molecule has 5 heteroatoms. The molecule has 0 saturated heterocycles. The van der Waals surface area contributed by atoms with Gasteiger partial charge in [-0.25, -0.2) is 4.39 Å². The highest BCUT2D eigenvalue weighted by Gasteiger charge is 2.07. The highest BCUT2D eigenvalue weighted by molar-refractivity contribution is 5.94. The predicted octanol–water partition coefficient (Wildman–Crippen LogP) is 2.70. The fourth-order valence-electron chi connectivity index (χ4n) is 2.03. The highest BCUT2D eigenvalue weighted by atomic mass is 19.1. The first-order chi connectivity index (χ1) is 10.6. The lowest BCUT2D eigenvalue weighted by Crippen LogP contribution is -2.33. The summed E-state index contributed by atoms with van der Waals surface area (Å²) in [6.45, 7) is 1.12. The van der Waals surface area contributed by atoms with Crippen molar-refractivity contribution in [3.05, 3.63) is 59.9 Å². The number of nitrogens with zero attached hydrogens (tertiary/aromatic N) is 1. The number of carbonyl (C=O) groups excluding carboxylic acids is 1. The molecule has 0 bridgehead atoms. The Morgan fingerprint density at radius 3 is 2.59 bits per heavy atom. The molecule has 4 nitrogen and oxygen atoms in total. The van der Waals surface area contributed by atoms with Crippen LogP contribution in [0, 0.1) is 5.82 Å². The van der Waals surface area contributed by atoms with Crippen molar-refractivity contribution in [1.82, 2.24) is 5.32 Å². The Kier molecular flexibility index (Phi) is 5.36. The average Bonchev–Trinajstić information content (AvgIpc) is 2.54. The van der Waals surface area contributed by atoms with Crippen molar-refractivity contribution in [2.75, 3.05) is 32.1 Å². The van der Waals surface area contributed by atoms with E-state index in [1.807, 2.05) is 36.2 Å². The average molecular weight is 302 g/mol. The lowest BCUT2D eigenvalue weighted by atomic mass is 10.2. The van der Waals surface area contributed by atoms with Crippen molar-refractivity contribution < 1.29 is 13.9 Å². The fraction of sp³-hybridized carbons (Fsp3) is 0.235. The largest absolute Gasteiger partial charge is 0.497 e. The minimum atomic E-state index is -0.414. The summed E-state index contributed by atoms with van der Waals surface area (Å²) in [5.74, 6) is 0.113. The lowest BCUT2D eigenvalue weighted by molar-refractivity contribution is 0.0954. The zero-order valence-electron chi connectivity index (χ0n) is 12.7. The Bertz CT molecular complexity index is 629. The minimum Gasteiger partial charge on any atom is -0.497 e. The number of nitrogens with one attached hydrogen (secondary N) is 1. The summed E-state index contributed by atoms with van der Waals surface area (Å²) in [6.07, 6.45) is 0. The van der Waals surface area contributed by atoms with Crippen LogP contribution in [0.15, 0.2) is 48.5 Å². The van der Waals surface area contributed by atoms with Gasteiger partial charge in [0.1, 0.15) is 11.6 Å². The van der Waals surface area contributed by atoms with E-state index in [1.165, 1.54) is 18.2 Å². The Morgan fingerprint density at radius 1 is 1.23 bits per heavy atom. The quantitative estimate of drug-likeness (QED) is 0.892. The van der Waals surface area contributed by atoms with E-state index >= 15 is 0 Å². The molecule has 0 spiro atoms. The number of methoxy groups -OCH3 is 1. The number of carbonyl (C=O) groups is 1. The number of benzene rings is 2. The van der Waals surface area contributed by atoms with E-state index in [1.54, 1.807) is 13.2 Å². The molecular formula is C17H19FN2O2. The van der Waals surface area contributed by atoms with Crippen LogP contribution in [-0.4, -0.2) is 33.2 Å². The highest BCUT2D eigenvalue weighted by Crippen LogP contribution is 2.17. The van der Waals surface area contributed by atoms with Crippen LogP contribution >= 0.6 is 0 Å². The van der Waals surface area contributed by atoms with Crippen molar-refractivity contribution in [2.45, 2.75) is 0 Å². The van der Waals surface area contributed by atoms with Crippen LogP contribution in [0.2, 0.25) is 0 Å². The third kappa shape index (κ3) is 4.22. The second kappa shape index (κ2) is 7.45. The molecule has 0 radical (unpaired) electrons. The number of hydrogen-bond donors (Lipinski definition) is 1. The van der Waals surface area contributed by atoms with Crippen molar-refractivity contribution in [2.24, 2.45) is 0 Å². The summed E-state index contributed by atoms with van der Waals surface area (Å²) in [6, 6.07) is 13.3. The van der Waals surface area contributed by atoms with Gasteiger partial charge in [-0.3, -0.25) is 4.79 Å². The molecule has 1 N–H and O–H groups in total. The topological polar surface area (TPSA) is 41.6 Å². The number of hydrogen-bond acceptors (Lipinski definition) is 3. The number of ether oxygens (including phenoxy) is 1. The summed E-state index contributed by atoms with van der Waals surface area (Å²) in [7, 11) is 3.57. The zero-order valence-corrected chi connectivity index (χ0v) is 12.7. The summed E-state index contributed by atoms with van der Waals surface area (Å²) < 4.78 is 18.2. The van der Waals surface area contributed by atoms with E-state index in [-0.39, 0.29) is 5.91 Å². The molecule has 0 saturated carbocycles. The number of rotatable bonds is 6. The lowest BCUT2D eigenvalue weighted by Gasteiger charge is -2.19. The van der Waals surface area contributed by atoms with Gasteiger partial charge in [0.05, 0.1) is 7.11 Å². The zero-order chi connectivity index (χ0) is 15.9. The van der Waals surface area contributed by atoms with Crippen molar-refractivity contribution in [3.8, 4) is 5.75 Å². The molecule has 0 heterocycles. The smallest absolute Gasteiger partial charge is 0.251 e. The molecule has 2 aromatic rings. The van der Waals surface area contributed by atoms with Crippen molar-refractivity contribution in [3.63, 3.8) is 0 Å². The third-order valence-corrected chi connectivity index (χ3v) is 3.33. The van der Waals surface area contributed by atoms with Crippen LogP contribution in [0.25, 0.3) is 0 Å². The first-order valence-electron chi connectivity index (χ1n) is 6.99. The van der Waals surface area contributed by atoms with E-state index < -0.39 is 5.82 Å². The summed E-state index contributed by atoms with van der Waals surface area (Å²) in [5, 5.41) is 2.78. The van der Waals surface area contributed by atoms with Crippen LogP contribution in [0.5, 0.6) is 5.75 Å². The van der Waals surface area contributed by atoms with E-state index in [0.29, 0.717) is 18.7 Å². The molecule has 116 valence electrons. The minimum absolute atomic E-state index is 0.275. The predicted molar refractivity (Wildman–Crippen MR) is 85.0 cm³/mol. The van der Waals surface area contributed by atoms with E-state index in [2.05, 4.69) is 5.32 Å². The maximum Gasteiger partial charge on any atom is 0.251 e.